The van der Waals surface area contributed by atoms with Crippen molar-refractivity contribution in [3.05, 3.63) is 34.6 Å². The fraction of sp³-hybridized carbons (Fsp3) is 0.364. The van der Waals surface area contributed by atoms with Gasteiger partial charge in [0.25, 0.3) is 5.89 Å². The number of hydrogen-bond donors (Lipinski definition) is 0. The van der Waals surface area contributed by atoms with Gasteiger partial charge >= 0.3 is 0 Å². The Balaban J connectivity index is 1.90. The number of hydrogen-bond acceptors (Lipinski definition) is 5. The van der Waals surface area contributed by atoms with Gasteiger partial charge in [-0.25, -0.2) is 4.98 Å². The van der Waals surface area contributed by atoms with Crippen LogP contribution in [0.2, 0.25) is 0 Å². The lowest BCUT2D eigenvalue weighted by molar-refractivity contribution is 0.241. The second kappa shape index (κ2) is 5.77. The third-order valence-electron chi connectivity index (χ3n) is 2.05. The number of halogens is 1. The Hall–Kier alpha value is -1.43. The quantitative estimate of drug-likeness (QED) is 0.794. The van der Waals surface area contributed by atoms with E-state index in [0.29, 0.717) is 11.6 Å². The van der Waals surface area contributed by atoms with Crippen molar-refractivity contribution in [1.82, 2.24) is 15.1 Å². The van der Waals surface area contributed by atoms with Gasteiger partial charge in [-0.3, -0.25) is 0 Å². The summed E-state index contributed by atoms with van der Waals surface area (Å²) in [6.07, 6.45) is 3.45. The second-order valence-corrected chi connectivity index (χ2v) is 4.27. The van der Waals surface area contributed by atoms with Gasteiger partial charge in [-0.05, 0) is 34.5 Å². The van der Waals surface area contributed by atoms with Gasteiger partial charge < -0.3 is 9.26 Å². The molecule has 0 fully saturated rings. The fourth-order valence-electron chi connectivity index (χ4n) is 1.27. The molecule has 0 aliphatic rings. The van der Waals surface area contributed by atoms with Crippen molar-refractivity contribution in [2.45, 2.75) is 26.4 Å². The molecular formula is C11H12BrN3O2. The first-order chi connectivity index (χ1) is 8.28. The van der Waals surface area contributed by atoms with Gasteiger partial charge in [-0.1, -0.05) is 12.1 Å². The first-order valence-electron chi connectivity index (χ1n) is 5.33. The molecule has 0 atom stereocenters. The summed E-state index contributed by atoms with van der Waals surface area (Å²) in [5, 5.41) is 3.84. The van der Waals surface area contributed by atoms with E-state index in [1.165, 1.54) is 0 Å². The molecule has 0 bridgehead atoms. The number of pyridine rings is 1. The molecule has 0 aromatic carbocycles. The average molecular weight is 298 g/mol. The Kier molecular flexibility index (Phi) is 4.08. The minimum absolute atomic E-state index is 0.264. The van der Waals surface area contributed by atoms with Crippen LogP contribution in [0, 0.1) is 0 Å². The molecule has 0 unspecified atom stereocenters. The SMILES string of the molecule is CCCc1noc(COc2ccc(Br)nc2)n1. The van der Waals surface area contributed by atoms with Crippen LogP contribution in [-0.2, 0) is 13.0 Å². The molecule has 0 N–H and O–H groups in total. The van der Waals surface area contributed by atoms with Crippen molar-refractivity contribution in [2.75, 3.05) is 0 Å². The normalized spacial score (nSPS) is 10.5. The summed E-state index contributed by atoms with van der Waals surface area (Å²) in [6, 6.07) is 3.63. The number of nitrogens with zero attached hydrogens (tertiary/aromatic N) is 3. The molecule has 2 heterocycles. The molecule has 2 aromatic heterocycles. The molecule has 0 saturated heterocycles. The zero-order valence-electron chi connectivity index (χ0n) is 9.39. The second-order valence-electron chi connectivity index (χ2n) is 3.46. The van der Waals surface area contributed by atoms with Crippen LogP contribution in [0.4, 0.5) is 0 Å². The smallest absolute Gasteiger partial charge is 0.264 e. The van der Waals surface area contributed by atoms with Gasteiger partial charge in [-0.2, -0.15) is 4.98 Å². The van der Waals surface area contributed by atoms with Crippen LogP contribution in [-0.4, -0.2) is 15.1 Å². The highest BCUT2D eigenvalue weighted by Crippen LogP contribution is 2.14. The molecule has 0 radical (unpaired) electrons. The van der Waals surface area contributed by atoms with Crippen molar-refractivity contribution >= 4 is 15.9 Å². The lowest BCUT2D eigenvalue weighted by Crippen LogP contribution is -1.96. The number of rotatable bonds is 5. The first kappa shape index (κ1) is 12.0. The van der Waals surface area contributed by atoms with Gasteiger partial charge in [0.1, 0.15) is 10.4 Å². The van der Waals surface area contributed by atoms with Crippen molar-refractivity contribution in [2.24, 2.45) is 0 Å². The summed E-state index contributed by atoms with van der Waals surface area (Å²) in [5.41, 5.74) is 0. The van der Waals surface area contributed by atoms with E-state index in [-0.39, 0.29) is 6.61 Å². The van der Waals surface area contributed by atoms with Gasteiger partial charge in [-0.15, -0.1) is 0 Å². The molecule has 0 aliphatic heterocycles. The van der Waals surface area contributed by atoms with Crippen LogP contribution in [0.15, 0.2) is 27.5 Å². The Morgan fingerprint density at radius 3 is 3.00 bits per heavy atom. The molecule has 17 heavy (non-hydrogen) atoms. The van der Waals surface area contributed by atoms with E-state index in [2.05, 4.69) is 38.0 Å². The van der Waals surface area contributed by atoms with Crippen LogP contribution in [0.5, 0.6) is 5.75 Å². The fourth-order valence-corrected chi connectivity index (χ4v) is 1.50. The zero-order chi connectivity index (χ0) is 12.1. The minimum Gasteiger partial charge on any atom is -0.482 e. The molecule has 2 rings (SSSR count). The third kappa shape index (κ3) is 3.52. The number of ether oxygens (including phenoxy) is 1. The number of aromatic nitrogens is 3. The maximum atomic E-state index is 5.46. The standard InChI is InChI=1S/C11H12BrN3O2/c1-2-3-10-14-11(17-15-10)7-16-8-4-5-9(12)13-6-8/h4-6H,2-3,7H2,1H3. The topological polar surface area (TPSA) is 61.0 Å². The molecular weight excluding hydrogens is 286 g/mol. The van der Waals surface area contributed by atoms with E-state index in [1.807, 2.05) is 12.1 Å². The zero-order valence-corrected chi connectivity index (χ0v) is 11.0. The summed E-state index contributed by atoms with van der Waals surface area (Å²) >= 11 is 3.25. The van der Waals surface area contributed by atoms with Gasteiger partial charge in [0.15, 0.2) is 12.4 Å². The summed E-state index contributed by atoms with van der Waals surface area (Å²) in [7, 11) is 0. The van der Waals surface area contributed by atoms with Crippen LogP contribution >= 0.6 is 15.9 Å². The van der Waals surface area contributed by atoms with E-state index in [0.717, 1.165) is 23.3 Å². The molecule has 0 amide bonds. The number of aryl methyl sites for hydroxylation is 1. The predicted molar refractivity (Wildman–Crippen MR) is 64.6 cm³/mol. The van der Waals surface area contributed by atoms with E-state index in [4.69, 9.17) is 9.26 Å². The van der Waals surface area contributed by atoms with Crippen LogP contribution in [0.1, 0.15) is 25.1 Å². The van der Waals surface area contributed by atoms with E-state index < -0.39 is 0 Å². The highest BCUT2D eigenvalue weighted by Gasteiger charge is 2.06. The monoisotopic (exact) mass is 297 g/mol. The largest absolute Gasteiger partial charge is 0.482 e. The van der Waals surface area contributed by atoms with Gasteiger partial charge in [0, 0.05) is 6.42 Å². The summed E-state index contributed by atoms with van der Waals surface area (Å²) in [6.45, 7) is 2.33. The van der Waals surface area contributed by atoms with E-state index >= 15 is 0 Å². The molecule has 5 nitrogen and oxygen atoms in total. The molecule has 90 valence electrons. The lowest BCUT2D eigenvalue weighted by atomic mass is 10.3. The Labute approximate surface area is 107 Å². The lowest BCUT2D eigenvalue weighted by Gasteiger charge is -2.01. The molecule has 2 aromatic rings. The third-order valence-corrected chi connectivity index (χ3v) is 2.52. The van der Waals surface area contributed by atoms with Crippen LogP contribution in [0.3, 0.4) is 0 Å². The Morgan fingerprint density at radius 1 is 1.41 bits per heavy atom. The summed E-state index contributed by atoms with van der Waals surface area (Å²) in [4.78, 5) is 8.25. The van der Waals surface area contributed by atoms with E-state index in [1.54, 1.807) is 6.20 Å². The maximum absolute atomic E-state index is 5.46. The minimum atomic E-state index is 0.264. The van der Waals surface area contributed by atoms with E-state index in [9.17, 15) is 0 Å². The van der Waals surface area contributed by atoms with Gasteiger partial charge in [0.05, 0.1) is 6.20 Å². The molecule has 0 aliphatic carbocycles. The van der Waals surface area contributed by atoms with Gasteiger partial charge in [0.2, 0.25) is 0 Å². The molecule has 0 spiro atoms. The average Bonchev–Trinajstić information content (AvgIpc) is 2.77. The highest BCUT2D eigenvalue weighted by molar-refractivity contribution is 9.10. The summed E-state index contributed by atoms with van der Waals surface area (Å²) in [5.74, 6) is 1.87. The first-order valence-corrected chi connectivity index (χ1v) is 6.13. The van der Waals surface area contributed by atoms with Crippen molar-refractivity contribution < 1.29 is 9.26 Å². The molecule has 6 heteroatoms. The Morgan fingerprint density at radius 2 is 2.29 bits per heavy atom. The molecule has 0 saturated carbocycles. The maximum Gasteiger partial charge on any atom is 0.264 e. The predicted octanol–water partition coefficient (Wildman–Crippen LogP) is 2.76. The van der Waals surface area contributed by atoms with Crippen molar-refractivity contribution in [3.63, 3.8) is 0 Å². The van der Waals surface area contributed by atoms with Crippen molar-refractivity contribution in [1.29, 1.82) is 0 Å². The Bertz CT molecular complexity index is 470. The van der Waals surface area contributed by atoms with Crippen molar-refractivity contribution in [3.8, 4) is 5.75 Å². The highest BCUT2D eigenvalue weighted by atomic mass is 79.9. The van der Waals surface area contributed by atoms with Crippen LogP contribution < -0.4 is 4.74 Å². The summed E-state index contributed by atoms with van der Waals surface area (Å²) < 4.78 is 11.3. The van der Waals surface area contributed by atoms with Crippen LogP contribution in [0.25, 0.3) is 0 Å².